The van der Waals surface area contributed by atoms with Crippen molar-refractivity contribution in [2.45, 2.75) is 26.3 Å². The van der Waals surface area contributed by atoms with Crippen LogP contribution < -0.4 is 5.73 Å². The van der Waals surface area contributed by atoms with E-state index in [0.29, 0.717) is 11.4 Å². The van der Waals surface area contributed by atoms with Crippen molar-refractivity contribution < 1.29 is 0 Å². The van der Waals surface area contributed by atoms with Gasteiger partial charge in [-0.2, -0.15) is 5.10 Å². The maximum absolute atomic E-state index is 6.25. The van der Waals surface area contributed by atoms with Gasteiger partial charge in [-0.15, -0.1) is 0 Å². The van der Waals surface area contributed by atoms with Gasteiger partial charge in [-0.1, -0.05) is 35.3 Å². The summed E-state index contributed by atoms with van der Waals surface area (Å²) in [5.74, 6) is 0. The molecule has 5 heteroatoms. The first-order valence-corrected chi connectivity index (χ1v) is 6.85. The molecular weight excluding hydrogens is 281 g/mol. The van der Waals surface area contributed by atoms with Crippen LogP contribution in [0.4, 0.5) is 0 Å². The third-order valence-corrected chi connectivity index (χ3v) is 4.20. The minimum Gasteiger partial charge on any atom is -0.324 e. The summed E-state index contributed by atoms with van der Waals surface area (Å²) in [5, 5.41) is 5.75. The Morgan fingerprint density at radius 3 is 2.53 bits per heavy atom. The molecule has 102 valence electrons. The molecule has 0 bridgehead atoms. The van der Waals surface area contributed by atoms with E-state index in [9.17, 15) is 0 Å². The first-order chi connectivity index (χ1) is 8.90. The Hall–Kier alpha value is -1.03. The highest BCUT2D eigenvalue weighted by molar-refractivity contribution is 6.32. The molecule has 0 aliphatic heterocycles. The third-order valence-electron chi connectivity index (χ3n) is 3.29. The molecule has 0 amide bonds. The van der Waals surface area contributed by atoms with Crippen LogP contribution in [0.1, 0.15) is 28.6 Å². The molecule has 1 aromatic carbocycles. The predicted molar refractivity (Wildman–Crippen MR) is 79.8 cm³/mol. The summed E-state index contributed by atoms with van der Waals surface area (Å²) in [4.78, 5) is 0. The van der Waals surface area contributed by atoms with Crippen LogP contribution in [0.5, 0.6) is 0 Å². The van der Waals surface area contributed by atoms with Crippen molar-refractivity contribution in [1.82, 2.24) is 9.78 Å². The van der Waals surface area contributed by atoms with Crippen LogP contribution in [0.3, 0.4) is 0 Å². The number of aryl methyl sites for hydroxylation is 3. The second kappa shape index (κ2) is 5.53. The molecule has 0 aliphatic carbocycles. The summed E-state index contributed by atoms with van der Waals surface area (Å²) in [7, 11) is 1.88. The molecule has 0 saturated carbocycles. The molecule has 1 aromatic heterocycles. The van der Waals surface area contributed by atoms with Gasteiger partial charge in [-0.25, -0.2) is 0 Å². The van der Waals surface area contributed by atoms with E-state index in [1.807, 2.05) is 39.1 Å². The number of aromatic nitrogens is 2. The SMILES string of the molecule is Cc1cc(C(N)Cc2c(Cl)c(C)nn2C)ccc1Cl. The summed E-state index contributed by atoms with van der Waals surface area (Å²) in [5.41, 5.74) is 10.1. The Kier molecular flexibility index (Phi) is 4.19. The third kappa shape index (κ3) is 2.94. The van der Waals surface area contributed by atoms with E-state index in [4.69, 9.17) is 28.9 Å². The largest absolute Gasteiger partial charge is 0.324 e. The lowest BCUT2D eigenvalue weighted by molar-refractivity contribution is 0.639. The highest BCUT2D eigenvalue weighted by atomic mass is 35.5. The van der Waals surface area contributed by atoms with Crippen LogP contribution in [-0.4, -0.2) is 9.78 Å². The fourth-order valence-electron chi connectivity index (χ4n) is 2.13. The van der Waals surface area contributed by atoms with Crippen molar-refractivity contribution >= 4 is 23.2 Å². The number of hydrogen-bond donors (Lipinski definition) is 1. The van der Waals surface area contributed by atoms with Crippen molar-refractivity contribution in [2.75, 3.05) is 0 Å². The van der Waals surface area contributed by atoms with Gasteiger partial charge in [0.05, 0.1) is 16.4 Å². The minimum absolute atomic E-state index is 0.122. The number of nitrogens with two attached hydrogens (primary N) is 1. The first kappa shape index (κ1) is 14.4. The summed E-state index contributed by atoms with van der Waals surface area (Å²) in [6.07, 6.45) is 0.650. The van der Waals surface area contributed by atoms with Crippen LogP contribution >= 0.6 is 23.2 Å². The smallest absolute Gasteiger partial charge is 0.0847 e. The standard InChI is InChI=1S/C14H17Cl2N3/c1-8-6-10(4-5-11(8)15)12(17)7-13-14(16)9(2)18-19(13)3/h4-6,12H,7,17H2,1-3H3. The van der Waals surface area contributed by atoms with E-state index in [1.165, 1.54) is 0 Å². The Morgan fingerprint density at radius 2 is 2.00 bits per heavy atom. The zero-order valence-electron chi connectivity index (χ0n) is 11.2. The highest BCUT2D eigenvalue weighted by Crippen LogP contribution is 2.26. The quantitative estimate of drug-likeness (QED) is 0.941. The molecule has 0 saturated heterocycles. The average molecular weight is 298 g/mol. The van der Waals surface area contributed by atoms with Crippen molar-refractivity contribution in [1.29, 1.82) is 0 Å². The summed E-state index contributed by atoms with van der Waals surface area (Å²) >= 11 is 12.3. The molecule has 1 unspecified atom stereocenters. The number of nitrogens with zero attached hydrogens (tertiary/aromatic N) is 2. The van der Waals surface area contributed by atoms with Gasteiger partial charge in [0.25, 0.3) is 0 Å². The monoisotopic (exact) mass is 297 g/mol. The van der Waals surface area contributed by atoms with Crippen molar-refractivity contribution in [3.8, 4) is 0 Å². The lowest BCUT2D eigenvalue weighted by Gasteiger charge is -2.14. The Balaban J connectivity index is 2.25. The van der Waals surface area contributed by atoms with Crippen LogP contribution in [-0.2, 0) is 13.5 Å². The van der Waals surface area contributed by atoms with Crippen LogP contribution in [0.2, 0.25) is 10.0 Å². The molecule has 1 heterocycles. The normalized spacial score (nSPS) is 12.7. The maximum atomic E-state index is 6.25. The maximum Gasteiger partial charge on any atom is 0.0847 e. The second-order valence-corrected chi connectivity index (χ2v) is 5.57. The molecule has 3 nitrogen and oxygen atoms in total. The predicted octanol–water partition coefficient (Wildman–Crippen LogP) is 3.59. The van der Waals surface area contributed by atoms with Gasteiger partial charge in [-0.3, -0.25) is 4.68 Å². The Morgan fingerprint density at radius 1 is 1.32 bits per heavy atom. The fraction of sp³-hybridized carbons (Fsp3) is 0.357. The molecule has 2 N–H and O–H groups in total. The van der Waals surface area contributed by atoms with Gasteiger partial charge in [0.15, 0.2) is 0 Å². The van der Waals surface area contributed by atoms with Crippen LogP contribution in [0.15, 0.2) is 18.2 Å². The molecular formula is C14H17Cl2N3. The van der Waals surface area contributed by atoms with E-state index >= 15 is 0 Å². The van der Waals surface area contributed by atoms with Gasteiger partial charge in [0.1, 0.15) is 0 Å². The fourth-order valence-corrected chi connectivity index (χ4v) is 2.48. The molecule has 2 rings (SSSR count). The van der Waals surface area contributed by atoms with Gasteiger partial charge in [0, 0.05) is 24.5 Å². The van der Waals surface area contributed by atoms with Crippen LogP contribution in [0.25, 0.3) is 0 Å². The number of hydrogen-bond acceptors (Lipinski definition) is 2. The van der Waals surface area contributed by atoms with E-state index in [2.05, 4.69) is 5.10 Å². The average Bonchev–Trinajstić information content (AvgIpc) is 2.59. The van der Waals surface area contributed by atoms with Gasteiger partial charge in [-0.05, 0) is 31.0 Å². The van der Waals surface area contributed by atoms with Gasteiger partial charge in [0.2, 0.25) is 0 Å². The lowest BCUT2D eigenvalue weighted by Crippen LogP contribution is -2.15. The van der Waals surface area contributed by atoms with E-state index in [1.54, 1.807) is 4.68 Å². The summed E-state index contributed by atoms with van der Waals surface area (Å²) in [6.45, 7) is 3.86. The summed E-state index contributed by atoms with van der Waals surface area (Å²) < 4.78 is 1.79. The molecule has 19 heavy (non-hydrogen) atoms. The topological polar surface area (TPSA) is 43.8 Å². The minimum atomic E-state index is -0.122. The van der Waals surface area contributed by atoms with Gasteiger partial charge >= 0.3 is 0 Å². The van der Waals surface area contributed by atoms with Crippen molar-refractivity contribution in [3.63, 3.8) is 0 Å². The Labute approximate surface area is 123 Å². The number of benzene rings is 1. The first-order valence-electron chi connectivity index (χ1n) is 6.09. The second-order valence-electron chi connectivity index (χ2n) is 4.79. The molecule has 1 atom stereocenters. The lowest BCUT2D eigenvalue weighted by atomic mass is 10.0. The van der Waals surface area contributed by atoms with Crippen molar-refractivity contribution in [3.05, 3.63) is 50.8 Å². The molecule has 0 radical (unpaired) electrons. The number of rotatable bonds is 3. The molecule has 0 fully saturated rings. The van der Waals surface area contributed by atoms with E-state index in [0.717, 1.165) is 27.5 Å². The zero-order valence-corrected chi connectivity index (χ0v) is 12.8. The van der Waals surface area contributed by atoms with E-state index in [-0.39, 0.29) is 6.04 Å². The highest BCUT2D eigenvalue weighted by Gasteiger charge is 2.16. The molecule has 0 aliphatic rings. The zero-order chi connectivity index (χ0) is 14.2. The van der Waals surface area contributed by atoms with E-state index < -0.39 is 0 Å². The summed E-state index contributed by atoms with van der Waals surface area (Å²) in [6, 6.07) is 5.73. The molecule has 0 spiro atoms. The Bertz CT molecular complexity index is 605. The van der Waals surface area contributed by atoms with Crippen molar-refractivity contribution in [2.24, 2.45) is 12.8 Å². The van der Waals surface area contributed by atoms with Crippen LogP contribution in [0, 0.1) is 13.8 Å². The number of halogens is 2. The van der Waals surface area contributed by atoms with Gasteiger partial charge < -0.3 is 5.73 Å². The molecule has 2 aromatic rings.